The number of alkyl halides is 1. The maximum atomic E-state index is 12.5. The summed E-state index contributed by atoms with van der Waals surface area (Å²) in [5.41, 5.74) is 5.98. The molecular weight excluding hydrogens is 201 g/mol. The van der Waals surface area contributed by atoms with E-state index in [1.165, 1.54) is 24.3 Å². The number of halogens is 1. The van der Waals surface area contributed by atoms with Crippen LogP contribution in [-0.4, -0.2) is 23.9 Å². The van der Waals surface area contributed by atoms with Gasteiger partial charge in [-0.2, -0.15) is 0 Å². The molecule has 0 unspecified atom stereocenters. The number of carboxylic acids is 1. The zero-order valence-electron chi connectivity index (χ0n) is 9.81. The molecule has 5 heteroatoms. The molecular formula is C10H12FNO3. The first-order valence-corrected chi connectivity index (χ1v) is 4.23. The van der Waals surface area contributed by atoms with Crippen molar-refractivity contribution in [3.63, 3.8) is 0 Å². The summed E-state index contributed by atoms with van der Waals surface area (Å²) < 4.78 is 30.0. The van der Waals surface area contributed by atoms with Crippen LogP contribution in [0, 0.1) is 0 Å². The lowest BCUT2D eigenvalue weighted by molar-refractivity contribution is -0.138. The Bertz CT molecular complexity index is 392. The smallest absolute Gasteiger partial charge is 0.320 e. The van der Waals surface area contributed by atoms with E-state index in [4.69, 9.17) is 13.6 Å². The summed E-state index contributed by atoms with van der Waals surface area (Å²) in [6.07, 6.45) is 0.137. The van der Waals surface area contributed by atoms with Crippen LogP contribution in [0.4, 0.5) is 4.39 Å². The minimum Gasteiger partial charge on any atom is -0.480 e. The van der Waals surface area contributed by atoms with Crippen molar-refractivity contribution in [3.8, 4) is 5.75 Å². The fraction of sp³-hybridized carbons (Fsp3) is 0.300. The Labute approximate surface area is 89.3 Å². The summed E-state index contributed by atoms with van der Waals surface area (Å²) in [5.74, 6) is -1.09. The Morgan fingerprint density at radius 1 is 1.60 bits per heavy atom. The molecule has 1 atom stereocenters. The Hall–Kier alpha value is -1.62. The van der Waals surface area contributed by atoms with Gasteiger partial charge in [-0.3, -0.25) is 4.79 Å². The van der Waals surface area contributed by atoms with Gasteiger partial charge in [-0.15, -0.1) is 0 Å². The topological polar surface area (TPSA) is 72.5 Å². The zero-order valence-corrected chi connectivity index (χ0v) is 7.81. The van der Waals surface area contributed by atoms with Gasteiger partial charge in [0.2, 0.25) is 6.81 Å². The minimum atomic E-state index is -3.24. The molecule has 1 rings (SSSR count). The van der Waals surface area contributed by atoms with Crippen LogP contribution in [0.3, 0.4) is 0 Å². The van der Waals surface area contributed by atoms with E-state index in [0.717, 1.165) is 0 Å². The lowest BCUT2D eigenvalue weighted by atomic mass is 10.1. The molecule has 0 aliphatic rings. The second kappa shape index (κ2) is 5.31. The lowest BCUT2D eigenvalue weighted by Gasteiger charge is -2.07. The van der Waals surface area contributed by atoms with Gasteiger partial charge in [0, 0.05) is 0 Å². The zero-order chi connectivity index (χ0) is 13.1. The molecule has 0 saturated carbocycles. The number of hydrogen-bond acceptors (Lipinski definition) is 3. The molecule has 0 aliphatic carbocycles. The van der Waals surface area contributed by atoms with E-state index in [9.17, 15) is 9.18 Å². The molecule has 15 heavy (non-hydrogen) atoms. The van der Waals surface area contributed by atoms with Crippen LogP contribution in [0.2, 0.25) is 0 Å². The third kappa shape index (κ3) is 3.55. The van der Waals surface area contributed by atoms with Gasteiger partial charge < -0.3 is 15.6 Å². The molecule has 0 bridgehead atoms. The number of carboxylic acid groups (broad SMARTS) is 1. The molecule has 1 aromatic rings. The van der Waals surface area contributed by atoms with Crippen LogP contribution >= 0.6 is 0 Å². The van der Waals surface area contributed by atoms with Crippen LogP contribution in [0.15, 0.2) is 24.3 Å². The van der Waals surface area contributed by atoms with Crippen LogP contribution in [0.5, 0.6) is 5.75 Å². The van der Waals surface area contributed by atoms with Crippen LogP contribution in [-0.2, 0) is 11.2 Å². The summed E-state index contributed by atoms with van der Waals surface area (Å²) in [5, 5.41) is 8.60. The van der Waals surface area contributed by atoms with Gasteiger partial charge in [-0.1, -0.05) is 12.1 Å². The van der Waals surface area contributed by atoms with Gasteiger partial charge in [0.1, 0.15) is 14.5 Å². The second-order valence-corrected chi connectivity index (χ2v) is 2.97. The molecule has 0 heterocycles. The molecule has 3 N–H and O–H groups in total. The lowest BCUT2D eigenvalue weighted by Crippen LogP contribution is -2.32. The van der Waals surface area contributed by atoms with Crippen molar-refractivity contribution in [1.82, 2.24) is 0 Å². The van der Waals surface area contributed by atoms with Crippen molar-refractivity contribution in [2.75, 3.05) is 6.81 Å². The Morgan fingerprint density at radius 3 is 2.67 bits per heavy atom. The van der Waals surface area contributed by atoms with Gasteiger partial charge in [0.15, 0.2) is 0 Å². The van der Waals surface area contributed by atoms with E-state index < -0.39 is 18.8 Å². The molecule has 0 amide bonds. The van der Waals surface area contributed by atoms with Crippen molar-refractivity contribution in [3.05, 3.63) is 29.8 Å². The van der Waals surface area contributed by atoms with Crippen molar-refractivity contribution < 1.29 is 21.8 Å². The number of carbonyl (C=O) groups is 1. The van der Waals surface area contributed by atoms with Crippen molar-refractivity contribution in [2.24, 2.45) is 5.73 Å². The highest BCUT2D eigenvalue weighted by atomic mass is 19.1. The van der Waals surface area contributed by atoms with Crippen molar-refractivity contribution >= 4 is 5.97 Å². The fourth-order valence-corrected chi connectivity index (χ4v) is 1.08. The highest BCUT2D eigenvalue weighted by Gasteiger charge is 2.11. The molecule has 0 radical (unpaired) electrons. The standard InChI is InChI=1S/C10H12FNO3/c11-6-15-8-3-1-7(2-4-8)5-9(12)10(13)14/h1-4,9H,5-6,12H2,(H,13,14)/t9-/m1/s1/i6D2. The maximum Gasteiger partial charge on any atom is 0.320 e. The molecule has 0 spiro atoms. The first-order valence-electron chi connectivity index (χ1n) is 5.23. The molecule has 82 valence electrons. The summed E-state index contributed by atoms with van der Waals surface area (Å²) in [4.78, 5) is 10.5. The predicted octanol–water partition coefficient (Wildman–Crippen LogP) is 0.947. The Kier molecular flexibility index (Phi) is 3.07. The highest BCUT2D eigenvalue weighted by molar-refractivity contribution is 5.73. The number of aliphatic carboxylic acids is 1. The van der Waals surface area contributed by atoms with Crippen LogP contribution < -0.4 is 10.5 Å². The third-order valence-corrected chi connectivity index (χ3v) is 1.85. The molecule has 1 aromatic carbocycles. The first-order chi connectivity index (χ1) is 7.78. The summed E-state index contributed by atoms with van der Waals surface area (Å²) >= 11 is 0. The van der Waals surface area contributed by atoms with Gasteiger partial charge in [-0.05, 0) is 24.1 Å². The van der Waals surface area contributed by atoms with Gasteiger partial charge in [0.25, 0.3) is 0 Å². The van der Waals surface area contributed by atoms with Crippen molar-refractivity contribution in [2.45, 2.75) is 12.5 Å². The number of rotatable bonds is 5. The van der Waals surface area contributed by atoms with Crippen LogP contribution in [0.25, 0.3) is 0 Å². The van der Waals surface area contributed by atoms with E-state index in [-0.39, 0.29) is 12.2 Å². The molecule has 0 saturated heterocycles. The quantitative estimate of drug-likeness (QED) is 0.766. The largest absolute Gasteiger partial charge is 0.480 e. The van der Waals surface area contributed by atoms with Crippen LogP contribution in [0.1, 0.15) is 8.30 Å². The van der Waals surface area contributed by atoms with Gasteiger partial charge >= 0.3 is 5.97 Å². The van der Waals surface area contributed by atoms with Gasteiger partial charge in [0.05, 0.1) is 0 Å². The predicted molar refractivity (Wildman–Crippen MR) is 52.4 cm³/mol. The Balaban J connectivity index is 2.65. The summed E-state index contributed by atoms with van der Waals surface area (Å²) in [6, 6.07) is 4.70. The van der Waals surface area contributed by atoms with E-state index in [0.29, 0.717) is 5.56 Å². The second-order valence-electron chi connectivity index (χ2n) is 2.97. The maximum absolute atomic E-state index is 12.5. The minimum absolute atomic E-state index is 0.0187. The fourth-order valence-electron chi connectivity index (χ4n) is 1.08. The number of nitrogens with two attached hydrogens (primary N) is 1. The average Bonchev–Trinajstić information content (AvgIpc) is 2.18. The first kappa shape index (κ1) is 8.67. The monoisotopic (exact) mass is 215 g/mol. The van der Waals surface area contributed by atoms with E-state index in [1.54, 1.807) is 0 Å². The molecule has 0 aromatic heterocycles. The highest BCUT2D eigenvalue weighted by Crippen LogP contribution is 2.13. The number of ether oxygens (including phenoxy) is 1. The number of hydrogen-bond donors (Lipinski definition) is 2. The molecule has 0 aliphatic heterocycles. The molecule has 4 nitrogen and oxygen atoms in total. The van der Waals surface area contributed by atoms with Gasteiger partial charge in [-0.25, -0.2) is 4.39 Å². The third-order valence-electron chi connectivity index (χ3n) is 1.85. The summed E-state index contributed by atoms with van der Waals surface area (Å²) in [7, 11) is 0. The van der Waals surface area contributed by atoms with E-state index in [1.807, 2.05) is 0 Å². The van der Waals surface area contributed by atoms with E-state index in [2.05, 4.69) is 4.74 Å². The number of benzene rings is 1. The Morgan fingerprint density at radius 2 is 2.20 bits per heavy atom. The summed E-state index contributed by atoms with van der Waals surface area (Å²) in [6.45, 7) is -3.24. The average molecular weight is 215 g/mol. The van der Waals surface area contributed by atoms with E-state index >= 15 is 0 Å². The SMILES string of the molecule is [2H]C([2H])(F)Oc1ccc(C[C@@H](N)C(=O)O)cc1. The molecule has 0 fully saturated rings. The van der Waals surface area contributed by atoms with Crippen molar-refractivity contribution in [1.29, 1.82) is 0 Å². The normalized spacial score (nSPS) is 15.1.